The molecule has 0 aromatic heterocycles. The molecule has 0 bridgehead atoms. The molecule has 0 saturated heterocycles. The van der Waals surface area contributed by atoms with Crippen LogP contribution in [0.3, 0.4) is 0 Å². The zero-order valence-corrected chi connectivity index (χ0v) is 12.4. The maximum atomic E-state index is 5.99. The lowest BCUT2D eigenvalue weighted by Crippen LogP contribution is -2.16. The third-order valence-corrected chi connectivity index (χ3v) is 3.07. The fourth-order valence-corrected chi connectivity index (χ4v) is 1.96. The third-order valence-electron chi connectivity index (χ3n) is 3.07. The molecule has 0 aliphatic carbocycles. The summed E-state index contributed by atoms with van der Waals surface area (Å²) in [6.07, 6.45) is 0.841. The zero-order chi connectivity index (χ0) is 14.9. The summed E-state index contributed by atoms with van der Waals surface area (Å²) < 4.78 is 26.9. The minimum absolute atomic E-state index is 0.459. The Morgan fingerprint density at radius 3 is 2.48 bits per heavy atom. The van der Waals surface area contributed by atoms with E-state index in [0.29, 0.717) is 57.7 Å². The predicted octanol–water partition coefficient (Wildman–Crippen LogP) is 1.61. The van der Waals surface area contributed by atoms with Gasteiger partial charge in [0.1, 0.15) is 13.2 Å². The number of fused-ring (bicyclic) bond motifs is 1. The largest absolute Gasteiger partial charge is 0.486 e. The number of benzene rings is 1. The number of nitrogens with two attached hydrogens (primary N) is 1. The Balaban J connectivity index is 1.68. The molecule has 0 saturated carbocycles. The van der Waals surface area contributed by atoms with Gasteiger partial charge in [-0.1, -0.05) is 0 Å². The van der Waals surface area contributed by atoms with Crippen molar-refractivity contribution in [3.05, 3.63) is 17.7 Å². The van der Waals surface area contributed by atoms with E-state index in [1.807, 2.05) is 6.07 Å². The van der Waals surface area contributed by atoms with Crippen molar-refractivity contribution in [1.82, 2.24) is 0 Å². The highest BCUT2D eigenvalue weighted by atomic mass is 16.6. The van der Waals surface area contributed by atoms with Crippen molar-refractivity contribution >= 4 is 5.69 Å². The second-order valence-corrected chi connectivity index (χ2v) is 4.71. The Bertz CT molecular complexity index is 438. The van der Waals surface area contributed by atoms with Crippen LogP contribution in [0, 0.1) is 0 Å². The van der Waals surface area contributed by atoms with Crippen LogP contribution in [0.15, 0.2) is 12.1 Å². The van der Waals surface area contributed by atoms with Crippen LogP contribution < -0.4 is 15.2 Å². The summed E-state index contributed by atoms with van der Waals surface area (Å²) >= 11 is 0. The molecule has 6 nitrogen and oxygen atoms in total. The maximum absolute atomic E-state index is 5.99. The van der Waals surface area contributed by atoms with Gasteiger partial charge in [-0.3, -0.25) is 0 Å². The summed E-state index contributed by atoms with van der Waals surface area (Å²) in [5.74, 6) is 1.44. The first kappa shape index (κ1) is 15.9. The quantitative estimate of drug-likeness (QED) is 0.551. The molecule has 0 spiro atoms. The second kappa shape index (κ2) is 8.71. The molecule has 1 aliphatic heterocycles. The molecule has 118 valence electrons. The monoisotopic (exact) mass is 297 g/mol. The fraction of sp³-hybridized carbons (Fsp3) is 0.600. The van der Waals surface area contributed by atoms with E-state index in [2.05, 4.69) is 0 Å². The highest BCUT2D eigenvalue weighted by molar-refractivity contribution is 5.58. The van der Waals surface area contributed by atoms with E-state index in [0.717, 1.165) is 17.7 Å². The van der Waals surface area contributed by atoms with E-state index < -0.39 is 0 Å². The summed E-state index contributed by atoms with van der Waals surface area (Å²) in [7, 11) is 1.66. The molecule has 2 N–H and O–H groups in total. The van der Waals surface area contributed by atoms with E-state index >= 15 is 0 Å². The molecule has 1 heterocycles. The van der Waals surface area contributed by atoms with Gasteiger partial charge in [0.25, 0.3) is 0 Å². The fourth-order valence-electron chi connectivity index (χ4n) is 1.96. The van der Waals surface area contributed by atoms with Gasteiger partial charge in [-0.15, -0.1) is 0 Å². The van der Waals surface area contributed by atoms with Gasteiger partial charge in [0.15, 0.2) is 11.5 Å². The molecular formula is C15H23NO5. The molecule has 21 heavy (non-hydrogen) atoms. The molecule has 0 fully saturated rings. The topological polar surface area (TPSA) is 72.2 Å². The van der Waals surface area contributed by atoms with Crippen LogP contribution in [0.25, 0.3) is 0 Å². The minimum atomic E-state index is 0.459. The van der Waals surface area contributed by atoms with Crippen LogP contribution in [0.4, 0.5) is 5.69 Å². The van der Waals surface area contributed by atoms with Gasteiger partial charge in [-0.25, -0.2) is 0 Å². The van der Waals surface area contributed by atoms with Crippen molar-refractivity contribution in [1.29, 1.82) is 0 Å². The minimum Gasteiger partial charge on any atom is -0.486 e. The lowest BCUT2D eigenvalue weighted by Gasteiger charge is -2.20. The molecule has 1 aliphatic rings. The highest BCUT2D eigenvalue weighted by Gasteiger charge is 2.14. The number of nitrogen functional groups attached to an aromatic ring is 1. The molecule has 0 radical (unpaired) electrons. The van der Waals surface area contributed by atoms with E-state index in [9.17, 15) is 0 Å². The van der Waals surface area contributed by atoms with Crippen LogP contribution in [0.5, 0.6) is 11.5 Å². The first-order chi connectivity index (χ1) is 10.3. The second-order valence-electron chi connectivity index (χ2n) is 4.71. The standard InChI is InChI=1S/C15H23NO5/c1-17-5-6-18-3-2-4-19-11-12-9-14-15(10-13(12)16)21-8-7-20-14/h9-10H,2-8,11,16H2,1H3. The van der Waals surface area contributed by atoms with Crippen LogP contribution in [0.2, 0.25) is 0 Å². The summed E-state index contributed by atoms with van der Waals surface area (Å²) in [4.78, 5) is 0. The van der Waals surface area contributed by atoms with E-state index in [-0.39, 0.29) is 0 Å². The highest BCUT2D eigenvalue weighted by Crippen LogP contribution is 2.34. The first-order valence-electron chi connectivity index (χ1n) is 7.13. The Morgan fingerprint density at radius 1 is 1.00 bits per heavy atom. The van der Waals surface area contributed by atoms with Gasteiger partial charge in [0, 0.05) is 37.6 Å². The number of ether oxygens (including phenoxy) is 5. The summed E-state index contributed by atoms with van der Waals surface area (Å²) in [5.41, 5.74) is 7.57. The lowest BCUT2D eigenvalue weighted by atomic mass is 10.1. The Hall–Kier alpha value is -1.50. The zero-order valence-electron chi connectivity index (χ0n) is 12.4. The molecule has 0 amide bonds. The molecule has 6 heteroatoms. The number of methoxy groups -OCH3 is 1. The number of rotatable bonds is 9. The van der Waals surface area contributed by atoms with Crippen LogP contribution in [-0.4, -0.2) is 46.8 Å². The van der Waals surface area contributed by atoms with Gasteiger partial charge >= 0.3 is 0 Å². The third kappa shape index (κ3) is 5.08. The van der Waals surface area contributed by atoms with E-state index in [1.165, 1.54) is 0 Å². The number of hydrogen-bond donors (Lipinski definition) is 1. The Labute approximate surface area is 125 Å². The van der Waals surface area contributed by atoms with Crippen molar-refractivity contribution in [2.75, 3.05) is 52.5 Å². The smallest absolute Gasteiger partial charge is 0.163 e. The molecule has 0 unspecified atom stereocenters. The number of anilines is 1. The van der Waals surface area contributed by atoms with Crippen LogP contribution >= 0.6 is 0 Å². The summed E-state index contributed by atoms with van der Waals surface area (Å²) in [5, 5.41) is 0. The van der Waals surface area contributed by atoms with Gasteiger partial charge in [-0.05, 0) is 12.5 Å². The van der Waals surface area contributed by atoms with Crippen LogP contribution in [-0.2, 0) is 20.8 Å². The van der Waals surface area contributed by atoms with Crippen molar-refractivity contribution in [2.45, 2.75) is 13.0 Å². The van der Waals surface area contributed by atoms with Gasteiger partial charge in [-0.2, -0.15) is 0 Å². The Morgan fingerprint density at radius 2 is 1.71 bits per heavy atom. The normalized spacial score (nSPS) is 13.4. The molecule has 1 aromatic rings. The van der Waals surface area contributed by atoms with Gasteiger partial charge < -0.3 is 29.4 Å². The van der Waals surface area contributed by atoms with Crippen molar-refractivity contribution in [3.63, 3.8) is 0 Å². The molecular weight excluding hydrogens is 274 g/mol. The molecule has 2 rings (SSSR count). The molecule has 0 atom stereocenters. The van der Waals surface area contributed by atoms with Crippen molar-refractivity contribution < 1.29 is 23.7 Å². The summed E-state index contributed by atoms with van der Waals surface area (Å²) in [6.45, 7) is 4.11. The maximum Gasteiger partial charge on any atom is 0.163 e. The number of hydrogen-bond acceptors (Lipinski definition) is 6. The first-order valence-corrected chi connectivity index (χ1v) is 7.13. The van der Waals surface area contributed by atoms with Crippen LogP contribution in [0.1, 0.15) is 12.0 Å². The average molecular weight is 297 g/mol. The lowest BCUT2D eigenvalue weighted by molar-refractivity contribution is 0.0483. The predicted molar refractivity (Wildman–Crippen MR) is 78.8 cm³/mol. The average Bonchev–Trinajstić information content (AvgIpc) is 2.50. The van der Waals surface area contributed by atoms with E-state index in [1.54, 1.807) is 13.2 Å². The van der Waals surface area contributed by atoms with Gasteiger partial charge in [0.05, 0.1) is 19.8 Å². The SMILES string of the molecule is COCCOCCCOCc1cc2c(cc1N)OCCO2. The molecule has 1 aromatic carbocycles. The van der Waals surface area contributed by atoms with E-state index in [4.69, 9.17) is 29.4 Å². The van der Waals surface area contributed by atoms with Gasteiger partial charge in [0.2, 0.25) is 0 Å². The van der Waals surface area contributed by atoms with Crippen molar-refractivity contribution in [2.24, 2.45) is 0 Å². The summed E-state index contributed by atoms with van der Waals surface area (Å²) in [6, 6.07) is 3.68. The Kier molecular flexibility index (Phi) is 6.59. The van der Waals surface area contributed by atoms with Crippen molar-refractivity contribution in [3.8, 4) is 11.5 Å².